The van der Waals surface area contributed by atoms with Crippen LogP contribution >= 0.6 is 11.6 Å². The van der Waals surface area contributed by atoms with Crippen LogP contribution in [0, 0.1) is 6.92 Å². The molecule has 0 radical (unpaired) electrons. The third-order valence-electron chi connectivity index (χ3n) is 5.63. The van der Waals surface area contributed by atoms with Gasteiger partial charge in [-0.05, 0) is 62.7 Å². The predicted octanol–water partition coefficient (Wildman–Crippen LogP) is 3.54. The summed E-state index contributed by atoms with van der Waals surface area (Å²) in [5, 5.41) is 4.26. The van der Waals surface area contributed by atoms with Crippen LogP contribution in [0.3, 0.4) is 0 Å². The van der Waals surface area contributed by atoms with Gasteiger partial charge in [-0.2, -0.15) is 0 Å². The first kappa shape index (κ1) is 23.2. The van der Waals surface area contributed by atoms with Crippen molar-refractivity contribution in [2.24, 2.45) is 0 Å². The molecule has 1 aliphatic heterocycles. The van der Waals surface area contributed by atoms with Gasteiger partial charge in [0.2, 0.25) is 0 Å². The third kappa shape index (κ3) is 6.26. The molecule has 1 saturated heterocycles. The van der Waals surface area contributed by atoms with E-state index in [1.54, 1.807) is 0 Å². The van der Waals surface area contributed by atoms with Crippen molar-refractivity contribution in [2.75, 3.05) is 25.4 Å². The topological polar surface area (TPSA) is 76.2 Å². The second-order valence-corrected chi connectivity index (χ2v) is 8.21. The lowest BCUT2D eigenvalue weighted by atomic mass is 10.0. The third-order valence-corrected chi connectivity index (χ3v) is 6.01. The van der Waals surface area contributed by atoms with Gasteiger partial charge in [-0.15, -0.1) is 0 Å². The molecule has 0 amide bonds. The van der Waals surface area contributed by atoms with Crippen molar-refractivity contribution in [3.63, 3.8) is 0 Å². The van der Waals surface area contributed by atoms with Crippen LogP contribution in [0.25, 0.3) is 6.08 Å². The minimum atomic E-state index is -0.525. The molecular formula is C23H29ClFN5O. The highest BCUT2D eigenvalue weighted by Crippen LogP contribution is 2.17. The number of allylic oxidation sites excluding steroid dienone is 2. The Hall–Kier alpha value is -2.48. The maximum atomic E-state index is 13.7. The van der Waals surface area contributed by atoms with E-state index in [1.165, 1.54) is 22.8 Å². The van der Waals surface area contributed by atoms with Crippen LogP contribution in [0.2, 0.25) is 5.02 Å². The Morgan fingerprint density at radius 2 is 2.13 bits per heavy atom. The molecule has 0 atom stereocenters. The summed E-state index contributed by atoms with van der Waals surface area (Å²) < 4.78 is 15.3. The fourth-order valence-corrected chi connectivity index (χ4v) is 3.89. The Bertz CT molecular complexity index is 1010. The van der Waals surface area contributed by atoms with Crippen molar-refractivity contribution in [1.29, 1.82) is 0 Å². The van der Waals surface area contributed by atoms with Crippen LogP contribution in [-0.4, -0.2) is 40.1 Å². The maximum Gasteiger partial charge on any atom is 0.251 e. The van der Waals surface area contributed by atoms with Gasteiger partial charge in [0.05, 0.1) is 22.1 Å². The number of piperidine rings is 1. The van der Waals surface area contributed by atoms with Gasteiger partial charge in [-0.1, -0.05) is 18.2 Å². The Labute approximate surface area is 187 Å². The molecule has 3 N–H and O–H groups in total. The molecule has 0 unspecified atom stereocenters. The summed E-state index contributed by atoms with van der Waals surface area (Å²) in [7, 11) is 0. The Morgan fingerprint density at radius 1 is 1.39 bits per heavy atom. The van der Waals surface area contributed by atoms with Crippen LogP contribution < -0.4 is 16.6 Å². The molecule has 8 heteroatoms. The number of anilines is 1. The Kier molecular flexibility index (Phi) is 8.01. The molecule has 2 aromatic rings. The van der Waals surface area contributed by atoms with E-state index >= 15 is 0 Å². The van der Waals surface area contributed by atoms with Crippen molar-refractivity contribution in [2.45, 2.75) is 38.9 Å². The van der Waals surface area contributed by atoms with Gasteiger partial charge in [0, 0.05) is 37.9 Å². The lowest BCUT2D eigenvalue weighted by molar-refractivity contribution is 0.190. The monoisotopic (exact) mass is 445 g/mol. The number of nitrogen functional groups attached to an aromatic ring is 1. The summed E-state index contributed by atoms with van der Waals surface area (Å²) in [6, 6.07) is 5.30. The van der Waals surface area contributed by atoms with Crippen LogP contribution in [0.15, 0.2) is 47.7 Å². The van der Waals surface area contributed by atoms with Crippen LogP contribution in [0.5, 0.6) is 0 Å². The molecule has 3 heterocycles. The van der Waals surface area contributed by atoms with E-state index < -0.39 is 5.83 Å². The minimum absolute atomic E-state index is 0.195. The lowest BCUT2D eigenvalue weighted by Gasteiger charge is -2.32. The van der Waals surface area contributed by atoms with Gasteiger partial charge in [-0.3, -0.25) is 9.78 Å². The zero-order chi connectivity index (χ0) is 22.4. The van der Waals surface area contributed by atoms with E-state index in [-0.39, 0.29) is 5.56 Å². The average molecular weight is 446 g/mol. The number of rotatable bonds is 8. The molecular weight excluding hydrogens is 417 g/mol. The van der Waals surface area contributed by atoms with Gasteiger partial charge in [-0.25, -0.2) is 4.39 Å². The largest absolute Gasteiger partial charge is 0.397 e. The molecule has 6 nitrogen and oxygen atoms in total. The quantitative estimate of drug-likeness (QED) is 0.608. The SMILES string of the molecule is C=C/C(F)=C\c1c(N)ccc(=O)n1CCN1CCC(NCc2cnc(C)c(Cl)c2)CC1. The number of halogens is 2. The fraction of sp³-hybridized carbons (Fsp3) is 0.391. The number of pyridine rings is 2. The number of aryl methyl sites for hydroxylation is 1. The number of hydrogen-bond donors (Lipinski definition) is 2. The summed E-state index contributed by atoms with van der Waals surface area (Å²) in [4.78, 5) is 19.0. The van der Waals surface area contributed by atoms with E-state index in [2.05, 4.69) is 21.8 Å². The van der Waals surface area contributed by atoms with E-state index in [0.29, 0.717) is 35.5 Å². The summed E-state index contributed by atoms with van der Waals surface area (Å²) in [5.74, 6) is -0.525. The molecule has 1 aliphatic rings. The van der Waals surface area contributed by atoms with Crippen molar-refractivity contribution in [3.8, 4) is 0 Å². The molecule has 0 spiro atoms. The summed E-state index contributed by atoms with van der Waals surface area (Å²) in [5.41, 5.74) is 8.44. The molecule has 0 aromatic carbocycles. The molecule has 0 bridgehead atoms. The second-order valence-electron chi connectivity index (χ2n) is 7.80. The standard InChI is InChI=1S/C23H29ClFN5O/c1-3-18(25)13-22-21(26)4-5-23(31)30(22)11-10-29-8-6-19(7-9-29)28-15-17-12-20(24)16(2)27-14-17/h3-5,12-14,19,28H,1,6-11,15,26H2,2H3/b18-13+. The molecule has 1 fully saturated rings. The minimum Gasteiger partial charge on any atom is -0.397 e. The smallest absolute Gasteiger partial charge is 0.251 e. The maximum absolute atomic E-state index is 13.7. The Morgan fingerprint density at radius 3 is 2.81 bits per heavy atom. The summed E-state index contributed by atoms with van der Waals surface area (Å²) in [6.07, 6.45) is 6.23. The first-order valence-electron chi connectivity index (χ1n) is 10.4. The molecule has 166 valence electrons. The van der Waals surface area contributed by atoms with Gasteiger partial charge in [0.15, 0.2) is 0 Å². The predicted molar refractivity (Wildman–Crippen MR) is 125 cm³/mol. The first-order chi connectivity index (χ1) is 14.9. The first-order valence-corrected chi connectivity index (χ1v) is 10.8. The lowest BCUT2D eigenvalue weighted by Crippen LogP contribution is -2.43. The number of nitrogens with one attached hydrogen (secondary N) is 1. The number of likely N-dealkylation sites (tertiary alicyclic amines) is 1. The number of hydrogen-bond acceptors (Lipinski definition) is 5. The number of aromatic nitrogens is 2. The van der Waals surface area contributed by atoms with E-state index in [9.17, 15) is 9.18 Å². The molecule has 3 rings (SSSR count). The molecule has 0 aliphatic carbocycles. The van der Waals surface area contributed by atoms with Crippen molar-refractivity contribution in [1.82, 2.24) is 19.8 Å². The molecule has 0 saturated carbocycles. The fourth-order valence-electron chi connectivity index (χ4n) is 3.70. The van der Waals surface area contributed by atoms with E-state index in [1.807, 2.05) is 19.2 Å². The summed E-state index contributed by atoms with van der Waals surface area (Å²) in [6.45, 7) is 9.04. The van der Waals surface area contributed by atoms with Crippen molar-refractivity contribution in [3.05, 3.63) is 75.2 Å². The highest BCUT2D eigenvalue weighted by atomic mass is 35.5. The second kappa shape index (κ2) is 10.7. The number of nitrogens with zero attached hydrogens (tertiary/aromatic N) is 3. The van der Waals surface area contributed by atoms with Crippen molar-refractivity contribution >= 4 is 23.4 Å². The zero-order valence-corrected chi connectivity index (χ0v) is 18.5. The summed E-state index contributed by atoms with van der Waals surface area (Å²) >= 11 is 6.15. The van der Waals surface area contributed by atoms with Gasteiger partial charge in [0.25, 0.3) is 5.56 Å². The van der Waals surface area contributed by atoms with Gasteiger partial charge < -0.3 is 20.5 Å². The Balaban J connectivity index is 1.53. The average Bonchev–Trinajstić information content (AvgIpc) is 2.77. The highest BCUT2D eigenvalue weighted by Gasteiger charge is 2.19. The van der Waals surface area contributed by atoms with E-state index in [4.69, 9.17) is 17.3 Å². The van der Waals surface area contributed by atoms with Gasteiger partial charge >= 0.3 is 0 Å². The molecule has 31 heavy (non-hydrogen) atoms. The van der Waals surface area contributed by atoms with Crippen molar-refractivity contribution < 1.29 is 4.39 Å². The normalized spacial score (nSPS) is 15.9. The number of nitrogens with two attached hydrogens (primary N) is 1. The highest BCUT2D eigenvalue weighted by molar-refractivity contribution is 6.31. The van der Waals surface area contributed by atoms with Crippen LogP contribution in [0.4, 0.5) is 10.1 Å². The zero-order valence-electron chi connectivity index (χ0n) is 17.8. The van der Waals surface area contributed by atoms with Crippen LogP contribution in [-0.2, 0) is 13.1 Å². The van der Waals surface area contributed by atoms with Crippen LogP contribution in [0.1, 0.15) is 29.8 Å². The van der Waals surface area contributed by atoms with Gasteiger partial charge in [0.1, 0.15) is 5.83 Å². The molecule has 2 aromatic heterocycles. The van der Waals surface area contributed by atoms with E-state index in [0.717, 1.165) is 49.8 Å².